The van der Waals surface area contributed by atoms with Crippen molar-refractivity contribution in [2.75, 3.05) is 12.0 Å². The number of aromatic nitrogens is 1. The topological polar surface area (TPSA) is 67.6 Å². The minimum absolute atomic E-state index is 0.218. The Bertz CT molecular complexity index is 1350. The molecule has 2 aromatic heterocycles. The maximum absolute atomic E-state index is 12.3. The van der Waals surface area contributed by atoms with Gasteiger partial charge in [0, 0.05) is 17.4 Å². The molecule has 170 valence electrons. The Morgan fingerprint density at radius 3 is 2.65 bits per heavy atom. The maximum Gasteiger partial charge on any atom is 0.338 e. The third-order valence-corrected chi connectivity index (χ3v) is 6.21. The van der Waals surface area contributed by atoms with Crippen LogP contribution in [0.15, 0.2) is 89.5 Å². The van der Waals surface area contributed by atoms with Crippen molar-refractivity contribution in [3.63, 3.8) is 0 Å². The minimum atomic E-state index is -0.412. The molecule has 34 heavy (non-hydrogen) atoms. The van der Waals surface area contributed by atoms with E-state index in [0.717, 1.165) is 16.9 Å². The number of carbonyl (C=O) groups excluding carboxylic acids is 1. The van der Waals surface area contributed by atoms with Crippen LogP contribution in [0.3, 0.4) is 0 Å². The second kappa shape index (κ2) is 9.11. The van der Waals surface area contributed by atoms with E-state index in [9.17, 15) is 4.79 Å². The summed E-state index contributed by atoms with van der Waals surface area (Å²) in [5.41, 5.74) is 4.08. The second-order valence-electron chi connectivity index (χ2n) is 8.07. The zero-order valence-corrected chi connectivity index (χ0v) is 19.6. The summed E-state index contributed by atoms with van der Waals surface area (Å²) in [6.45, 7) is 2.05. The number of esters is 1. The normalized spacial score (nSPS) is 17.5. The molecule has 0 saturated carbocycles. The highest BCUT2D eigenvalue weighted by Gasteiger charge is 2.42. The Morgan fingerprint density at radius 1 is 1.06 bits per heavy atom. The number of pyridine rings is 1. The van der Waals surface area contributed by atoms with Crippen LogP contribution in [-0.2, 0) is 4.74 Å². The third-order valence-electron chi connectivity index (χ3n) is 5.89. The molecule has 4 aromatic rings. The molecule has 0 spiro atoms. The number of benzene rings is 2. The van der Waals surface area contributed by atoms with Gasteiger partial charge in [-0.2, -0.15) is 0 Å². The summed E-state index contributed by atoms with van der Waals surface area (Å²) in [5, 5.41) is 4.03. The molecule has 1 aliphatic rings. The SMILES string of the molecule is COC(=O)c1ccccc1-c1ccc([C@@H]2[C@@H](c3ccccn3)NC(=S)N2c2cccc(C)c2)o1. The van der Waals surface area contributed by atoms with Gasteiger partial charge < -0.3 is 19.4 Å². The highest BCUT2D eigenvalue weighted by atomic mass is 32.1. The van der Waals surface area contributed by atoms with Crippen LogP contribution in [0.5, 0.6) is 0 Å². The van der Waals surface area contributed by atoms with E-state index in [2.05, 4.69) is 34.3 Å². The number of rotatable bonds is 5. The van der Waals surface area contributed by atoms with Gasteiger partial charge in [-0.3, -0.25) is 4.98 Å². The zero-order chi connectivity index (χ0) is 23.7. The number of aryl methyl sites for hydroxylation is 1. The standard InChI is InChI=1S/C27H23N3O3S/c1-17-8-7-9-18(16-17)30-25(24(29-27(30)34)21-12-5-6-15-28-21)23-14-13-22(33-23)19-10-3-4-11-20(19)26(31)32-2/h3-16,24-25H,1-2H3,(H,29,34)/t24-,25-/m1/s1. The van der Waals surface area contributed by atoms with Gasteiger partial charge in [-0.05, 0) is 67.2 Å². The highest BCUT2D eigenvalue weighted by molar-refractivity contribution is 7.80. The molecule has 6 nitrogen and oxygen atoms in total. The van der Waals surface area contributed by atoms with E-state index in [1.807, 2.05) is 54.6 Å². The number of nitrogens with one attached hydrogen (secondary N) is 1. The summed E-state index contributed by atoms with van der Waals surface area (Å²) < 4.78 is 11.4. The van der Waals surface area contributed by atoms with Crippen molar-refractivity contribution in [1.29, 1.82) is 0 Å². The van der Waals surface area contributed by atoms with E-state index in [4.69, 9.17) is 21.4 Å². The molecule has 2 atom stereocenters. The van der Waals surface area contributed by atoms with Crippen molar-refractivity contribution in [2.45, 2.75) is 19.0 Å². The lowest BCUT2D eigenvalue weighted by Gasteiger charge is -2.26. The quantitative estimate of drug-likeness (QED) is 0.301. The smallest absolute Gasteiger partial charge is 0.338 e. The number of thiocarbonyl (C=S) groups is 1. The lowest BCUT2D eigenvalue weighted by molar-refractivity contribution is 0.0601. The lowest BCUT2D eigenvalue weighted by atomic mass is 10.0. The van der Waals surface area contributed by atoms with Crippen molar-refractivity contribution in [3.05, 3.63) is 108 Å². The van der Waals surface area contributed by atoms with Crippen LogP contribution in [0.4, 0.5) is 5.69 Å². The van der Waals surface area contributed by atoms with Gasteiger partial charge >= 0.3 is 5.97 Å². The van der Waals surface area contributed by atoms with Gasteiger partial charge in [0.15, 0.2) is 5.11 Å². The van der Waals surface area contributed by atoms with E-state index >= 15 is 0 Å². The van der Waals surface area contributed by atoms with Crippen LogP contribution in [0.1, 0.15) is 39.5 Å². The van der Waals surface area contributed by atoms with E-state index < -0.39 is 5.97 Å². The van der Waals surface area contributed by atoms with Gasteiger partial charge in [-0.1, -0.05) is 36.4 Å². The lowest BCUT2D eigenvalue weighted by Crippen LogP contribution is -2.29. The number of hydrogen-bond donors (Lipinski definition) is 1. The summed E-state index contributed by atoms with van der Waals surface area (Å²) in [7, 11) is 1.37. The average Bonchev–Trinajstić information content (AvgIpc) is 3.48. The number of furan rings is 1. The summed E-state index contributed by atoms with van der Waals surface area (Å²) in [5.74, 6) is 0.877. The van der Waals surface area contributed by atoms with E-state index in [1.54, 1.807) is 18.3 Å². The molecule has 1 aliphatic heterocycles. The first-order valence-corrected chi connectivity index (χ1v) is 11.3. The molecule has 0 unspecified atom stereocenters. The molecule has 7 heteroatoms. The van der Waals surface area contributed by atoms with Crippen molar-refractivity contribution < 1.29 is 13.9 Å². The van der Waals surface area contributed by atoms with Gasteiger partial charge in [-0.15, -0.1) is 0 Å². The average molecular weight is 470 g/mol. The van der Waals surface area contributed by atoms with Crippen LogP contribution in [0, 0.1) is 6.92 Å². The fraction of sp³-hybridized carbons (Fsp3) is 0.148. The Balaban J connectivity index is 1.61. The number of anilines is 1. The van der Waals surface area contributed by atoms with Crippen molar-refractivity contribution in [2.24, 2.45) is 0 Å². The number of methoxy groups -OCH3 is 1. The van der Waals surface area contributed by atoms with Crippen molar-refractivity contribution in [1.82, 2.24) is 10.3 Å². The van der Waals surface area contributed by atoms with Crippen LogP contribution >= 0.6 is 12.2 Å². The Labute approximate surface area is 203 Å². The van der Waals surface area contributed by atoms with Crippen LogP contribution in [0.25, 0.3) is 11.3 Å². The molecule has 0 aliphatic carbocycles. The number of nitrogens with zero attached hydrogens (tertiary/aromatic N) is 2. The minimum Gasteiger partial charge on any atom is -0.465 e. The Kier molecular flexibility index (Phi) is 5.86. The molecule has 2 aromatic carbocycles. The predicted octanol–water partition coefficient (Wildman–Crippen LogP) is 5.61. The van der Waals surface area contributed by atoms with Gasteiger partial charge in [-0.25, -0.2) is 4.79 Å². The zero-order valence-electron chi connectivity index (χ0n) is 18.8. The van der Waals surface area contributed by atoms with Crippen molar-refractivity contribution in [3.8, 4) is 11.3 Å². The van der Waals surface area contributed by atoms with Gasteiger partial charge in [0.2, 0.25) is 0 Å². The molecule has 1 saturated heterocycles. The van der Waals surface area contributed by atoms with Crippen LogP contribution in [0.2, 0.25) is 0 Å². The fourth-order valence-electron chi connectivity index (χ4n) is 4.34. The second-order valence-corrected chi connectivity index (χ2v) is 8.46. The first kappa shape index (κ1) is 21.9. The molecule has 1 fully saturated rings. The van der Waals surface area contributed by atoms with E-state index in [-0.39, 0.29) is 12.1 Å². The van der Waals surface area contributed by atoms with Gasteiger partial charge in [0.1, 0.15) is 17.6 Å². The molecular weight excluding hydrogens is 446 g/mol. The molecule has 0 radical (unpaired) electrons. The van der Waals surface area contributed by atoms with Gasteiger partial charge in [0.05, 0.1) is 24.4 Å². The monoisotopic (exact) mass is 469 g/mol. The van der Waals surface area contributed by atoms with E-state index in [1.165, 1.54) is 7.11 Å². The molecular formula is C27H23N3O3S. The Hall–Kier alpha value is -3.97. The highest BCUT2D eigenvalue weighted by Crippen LogP contribution is 2.43. The number of carbonyl (C=O) groups is 1. The van der Waals surface area contributed by atoms with Gasteiger partial charge in [0.25, 0.3) is 0 Å². The first-order chi connectivity index (χ1) is 16.6. The summed E-state index contributed by atoms with van der Waals surface area (Å²) >= 11 is 5.78. The first-order valence-electron chi connectivity index (χ1n) is 10.9. The van der Waals surface area contributed by atoms with Crippen LogP contribution in [-0.4, -0.2) is 23.2 Å². The fourth-order valence-corrected chi connectivity index (χ4v) is 4.69. The summed E-state index contributed by atoms with van der Waals surface area (Å²) in [6, 6.07) is 24.6. The maximum atomic E-state index is 12.3. The third kappa shape index (κ3) is 3.95. The number of ether oxygens (including phenoxy) is 1. The molecule has 1 N–H and O–H groups in total. The van der Waals surface area contributed by atoms with Crippen molar-refractivity contribution >= 4 is 29.0 Å². The summed E-state index contributed by atoms with van der Waals surface area (Å²) in [4.78, 5) is 19.0. The Morgan fingerprint density at radius 2 is 1.88 bits per heavy atom. The van der Waals surface area contributed by atoms with E-state index in [0.29, 0.717) is 27.8 Å². The molecule has 5 rings (SSSR count). The largest absolute Gasteiger partial charge is 0.465 e. The van der Waals surface area contributed by atoms with Crippen LogP contribution < -0.4 is 10.2 Å². The summed E-state index contributed by atoms with van der Waals surface area (Å²) in [6.07, 6.45) is 1.77. The molecule has 0 amide bonds. The predicted molar refractivity (Wildman–Crippen MR) is 135 cm³/mol. The number of hydrogen-bond acceptors (Lipinski definition) is 5. The molecule has 0 bridgehead atoms. The molecule has 3 heterocycles.